The molecule has 4 aromatic rings. The first kappa shape index (κ1) is 26.0. The third-order valence-corrected chi connectivity index (χ3v) is 5.87. The highest BCUT2D eigenvalue weighted by Crippen LogP contribution is 2.40. The summed E-state index contributed by atoms with van der Waals surface area (Å²) in [7, 11) is 5.39. The predicted molar refractivity (Wildman–Crippen MR) is 137 cm³/mol. The SMILES string of the molecule is COC(=O)c1nc(C(NC(=O)c2ccc3ccccc3c2)c2cc(OC)c(OC)c(OC)c2)[nH]c(=O)c1O. The van der Waals surface area contributed by atoms with Gasteiger partial charge in [0.2, 0.25) is 11.5 Å². The molecule has 0 saturated heterocycles. The second kappa shape index (κ2) is 10.9. The Balaban J connectivity index is 1.88. The second-order valence-corrected chi connectivity index (χ2v) is 8.07. The molecule has 0 spiro atoms. The van der Waals surface area contributed by atoms with Crippen molar-refractivity contribution in [3.8, 4) is 23.0 Å². The van der Waals surface area contributed by atoms with Gasteiger partial charge in [-0.15, -0.1) is 0 Å². The second-order valence-electron chi connectivity index (χ2n) is 8.07. The van der Waals surface area contributed by atoms with Crippen LogP contribution in [0.15, 0.2) is 59.4 Å². The molecule has 38 heavy (non-hydrogen) atoms. The van der Waals surface area contributed by atoms with Crippen LogP contribution < -0.4 is 25.1 Å². The summed E-state index contributed by atoms with van der Waals surface area (Å²) in [6.45, 7) is 0. The van der Waals surface area contributed by atoms with Gasteiger partial charge in [0.15, 0.2) is 17.2 Å². The van der Waals surface area contributed by atoms with Crippen molar-refractivity contribution in [2.75, 3.05) is 28.4 Å². The quantitative estimate of drug-likeness (QED) is 0.299. The molecule has 0 aliphatic carbocycles. The molecule has 1 amide bonds. The molecule has 3 N–H and O–H groups in total. The van der Waals surface area contributed by atoms with Gasteiger partial charge < -0.3 is 34.4 Å². The molecule has 3 aromatic carbocycles. The van der Waals surface area contributed by atoms with Crippen molar-refractivity contribution in [3.05, 3.63) is 87.6 Å². The van der Waals surface area contributed by atoms with E-state index in [0.717, 1.165) is 17.9 Å². The number of rotatable bonds is 8. The zero-order valence-electron chi connectivity index (χ0n) is 21.0. The maximum Gasteiger partial charge on any atom is 0.360 e. The molecular weight excluding hydrogens is 494 g/mol. The lowest BCUT2D eigenvalue weighted by Gasteiger charge is -2.22. The lowest BCUT2D eigenvalue weighted by Crippen LogP contribution is -2.32. The van der Waals surface area contributed by atoms with Crippen molar-refractivity contribution < 1.29 is 33.6 Å². The van der Waals surface area contributed by atoms with E-state index in [-0.39, 0.29) is 17.3 Å². The molecule has 4 rings (SSSR count). The van der Waals surface area contributed by atoms with Crippen molar-refractivity contribution in [1.29, 1.82) is 0 Å². The maximum atomic E-state index is 13.4. The summed E-state index contributed by atoms with van der Waals surface area (Å²) in [5.41, 5.74) is -0.884. The number of aromatic amines is 1. The number of esters is 1. The number of carbonyl (C=O) groups excluding carboxylic acids is 2. The van der Waals surface area contributed by atoms with E-state index in [0.29, 0.717) is 16.9 Å². The Bertz CT molecular complexity index is 1560. The fourth-order valence-electron chi connectivity index (χ4n) is 3.98. The molecular formula is C27H25N3O8. The van der Waals surface area contributed by atoms with E-state index in [4.69, 9.17) is 14.2 Å². The van der Waals surface area contributed by atoms with Gasteiger partial charge in [0.25, 0.3) is 11.5 Å². The summed E-state index contributed by atoms with van der Waals surface area (Å²) >= 11 is 0. The average molecular weight is 520 g/mol. The normalized spacial score (nSPS) is 11.5. The number of fused-ring (bicyclic) bond motifs is 1. The summed E-state index contributed by atoms with van der Waals surface area (Å²) in [4.78, 5) is 44.7. The molecule has 0 aliphatic heterocycles. The van der Waals surface area contributed by atoms with Gasteiger partial charge in [-0.05, 0) is 40.6 Å². The van der Waals surface area contributed by atoms with Gasteiger partial charge in [0, 0.05) is 5.56 Å². The van der Waals surface area contributed by atoms with E-state index in [2.05, 4.69) is 20.0 Å². The van der Waals surface area contributed by atoms with E-state index >= 15 is 0 Å². The Morgan fingerprint density at radius 1 is 0.921 bits per heavy atom. The maximum absolute atomic E-state index is 13.4. The number of methoxy groups -OCH3 is 4. The minimum Gasteiger partial charge on any atom is -0.501 e. The van der Waals surface area contributed by atoms with Crippen LogP contribution >= 0.6 is 0 Å². The Morgan fingerprint density at radius 3 is 2.18 bits per heavy atom. The minimum atomic E-state index is -1.13. The zero-order chi connectivity index (χ0) is 27.4. The van der Waals surface area contributed by atoms with Gasteiger partial charge in [-0.3, -0.25) is 9.59 Å². The highest BCUT2D eigenvalue weighted by atomic mass is 16.5. The molecule has 196 valence electrons. The van der Waals surface area contributed by atoms with E-state index < -0.39 is 34.9 Å². The van der Waals surface area contributed by atoms with Crippen molar-refractivity contribution in [1.82, 2.24) is 15.3 Å². The topological polar surface area (TPSA) is 149 Å². The number of H-pyrrole nitrogens is 1. The summed E-state index contributed by atoms with van der Waals surface area (Å²) in [5.74, 6) is -1.71. The fraction of sp³-hybridized carbons (Fsp3) is 0.185. The van der Waals surface area contributed by atoms with Crippen molar-refractivity contribution in [3.63, 3.8) is 0 Å². The van der Waals surface area contributed by atoms with Gasteiger partial charge in [-0.1, -0.05) is 30.3 Å². The standard InChI is InChI=1S/C27H25N3O8/c1-35-18-12-17(13-19(36-2)23(18)37-3)20(24-28-21(27(34)38-4)22(31)26(33)30-24)29-25(32)16-10-9-14-7-5-6-8-15(14)11-16/h5-13,20,31H,1-4H3,(H,29,32)(H,28,30,33). The van der Waals surface area contributed by atoms with Gasteiger partial charge in [-0.25, -0.2) is 9.78 Å². The van der Waals surface area contributed by atoms with E-state index in [9.17, 15) is 19.5 Å². The first-order chi connectivity index (χ1) is 18.3. The van der Waals surface area contributed by atoms with Crippen LogP contribution in [0.25, 0.3) is 10.8 Å². The number of benzene rings is 3. The lowest BCUT2D eigenvalue weighted by molar-refractivity contribution is 0.0589. The average Bonchev–Trinajstić information content (AvgIpc) is 2.95. The number of ether oxygens (including phenoxy) is 4. The van der Waals surface area contributed by atoms with Crippen LogP contribution in [-0.2, 0) is 4.74 Å². The smallest absolute Gasteiger partial charge is 0.360 e. The first-order valence-corrected chi connectivity index (χ1v) is 11.3. The Labute approximate surface area is 217 Å². The van der Waals surface area contributed by atoms with Gasteiger partial charge >= 0.3 is 5.97 Å². The van der Waals surface area contributed by atoms with E-state index in [1.807, 2.05) is 30.3 Å². The van der Waals surface area contributed by atoms with E-state index in [1.165, 1.54) is 21.3 Å². The molecule has 11 nitrogen and oxygen atoms in total. The van der Waals surface area contributed by atoms with Crippen LogP contribution in [0.1, 0.15) is 38.3 Å². The number of amides is 1. The highest BCUT2D eigenvalue weighted by molar-refractivity contribution is 5.99. The van der Waals surface area contributed by atoms with Gasteiger partial charge in [-0.2, -0.15) is 0 Å². The minimum absolute atomic E-state index is 0.142. The third-order valence-electron chi connectivity index (χ3n) is 5.87. The first-order valence-electron chi connectivity index (χ1n) is 11.3. The van der Waals surface area contributed by atoms with Crippen LogP contribution in [0.4, 0.5) is 0 Å². The number of hydrogen-bond donors (Lipinski definition) is 3. The third kappa shape index (κ3) is 4.94. The number of nitrogens with one attached hydrogen (secondary N) is 2. The van der Waals surface area contributed by atoms with Crippen molar-refractivity contribution in [2.45, 2.75) is 6.04 Å². The van der Waals surface area contributed by atoms with Crippen LogP contribution in [-0.4, -0.2) is 55.4 Å². The Hall–Kier alpha value is -5.06. The van der Waals surface area contributed by atoms with Crippen LogP contribution in [0.3, 0.4) is 0 Å². The number of carbonyl (C=O) groups is 2. The number of hydrogen-bond acceptors (Lipinski definition) is 9. The molecule has 11 heteroatoms. The molecule has 0 radical (unpaired) electrons. The zero-order valence-corrected chi connectivity index (χ0v) is 21.0. The molecule has 1 atom stereocenters. The molecule has 0 saturated carbocycles. The Morgan fingerprint density at radius 2 is 1.58 bits per heavy atom. The largest absolute Gasteiger partial charge is 0.501 e. The number of nitrogens with zero attached hydrogens (tertiary/aromatic N) is 1. The van der Waals surface area contributed by atoms with Crippen LogP contribution in [0.5, 0.6) is 23.0 Å². The summed E-state index contributed by atoms with van der Waals surface area (Å²) in [6, 6.07) is 14.8. The van der Waals surface area contributed by atoms with E-state index in [1.54, 1.807) is 24.3 Å². The Kier molecular flexibility index (Phi) is 7.47. The number of aromatic nitrogens is 2. The summed E-state index contributed by atoms with van der Waals surface area (Å²) in [6.07, 6.45) is 0. The van der Waals surface area contributed by atoms with Gasteiger partial charge in [0.05, 0.1) is 28.4 Å². The lowest BCUT2D eigenvalue weighted by atomic mass is 10.0. The molecule has 0 aliphatic rings. The molecule has 0 fully saturated rings. The predicted octanol–water partition coefficient (Wildman–Crippen LogP) is 2.96. The van der Waals surface area contributed by atoms with Gasteiger partial charge in [0.1, 0.15) is 11.9 Å². The highest BCUT2D eigenvalue weighted by Gasteiger charge is 2.27. The number of aromatic hydroxyl groups is 1. The van der Waals surface area contributed by atoms with Crippen molar-refractivity contribution in [2.24, 2.45) is 0 Å². The van der Waals surface area contributed by atoms with Crippen LogP contribution in [0.2, 0.25) is 0 Å². The van der Waals surface area contributed by atoms with Crippen LogP contribution in [0, 0.1) is 0 Å². The summed E-state index contributed by atoms with van der Waals surface area (Å²) < 4.78 is 20.9. The monoisotopic (exact) mass is 519 g/mol. The molecule has 1 unspecified atom stereocenters. The summed E-state index contributed by atoms with van der Waals surface area (Å²) in [5, 5.41) is 14.8. The molecule has 1 heterocycles. The molecule has 0 bridgehead atoms. The molecule has 1 aromatic heterocycles. The van der Waals surface area contributed by atoms with Crippen molar-refractivity contribution >= 4 is 22.6 Å². The fourth-order valence-corrected chi connectivity index (χ4v) is 3.98.